The molecule has 1 rings (SSSR count). The largest absolute Gasteiger partial charge is 0.494 e. The molecule has 1 aromatic carbocycles. The number of nitrogens with zero attached hydrogens (tertiary/aromatic N) is 1. The minimum absolute atomic E-state index is 0.0117. The molecular formula is C15H21N3O3. The van der Waals surface area contributed by atoms with Crippen LogP contribution in [0.5, 0.6) is 5.75 Å². The molecule has 0 saturated carbocycles. The second-order valence-electron chi connectivity index (χ2n) is 4.69. The van der Waals surface area contributed by atoms with Crippen LogP contribution in [0.1, 0.15) is 32.8 Å². The second-order valence-corrected chi connectivity index (χ2v) is 4.69. The summed E-state index contributed by atoms with van der Waals surface area (Å²) in [4.78, 5) is 22.8. The number of amides is 2. The Morgan fingerprint density at radius 1 is 1.24 bits per heavy atom. The Labute approximate surface area is 124 Å². The Morgan fingerprint density at radius 3 is 2.48 bits per heavy atom. The van der Waals surface area contributed by atoms with Crippen molar-refractivity contribution in [2.24, 2.45) is 5.10 Å². The summed E-state index contributed by atoms with van der Waals surface area (Å²) in [6, 6.07) is 7.31. The van der Waals surface area contributed by atoms with Crippen molar-refractivity contribution >= 4 is 18.0 Å². The molecule has 1 aromatic rings. The van der Waals surface area contributed by atoms with Crippen LogP contribution in [0.2, 0.25) is 0 Å². The summed E-state index contributed by atoms with van der Waals surface area (Å²) in [6.07, 6.45) is 1.27. The Kier molecular flexibility index (Phi) is 6.94. The predicted molar refractivity (Wildman–Crippen MR) is 81.2 cm³/mol. The van der Waals surface area contributed by atoms with Crippen LogP contribution < -0.4 is 15.5 Å². The molecule has 0 bridgehead atoms. The van der Waals surface area contributed by atoms with Crippen molar-refractivity contribution in [1.29, 1.82) is 0 Å². The molecule has 0 spiro atoms. The van der Waals surface area contributed by atoms with E-state index in [1.807, 2.05) is 45.0 Å². The molecule has 0 aliphatic carbocycles. The summed E-state index contributed by atoms with van der Waals surface area (Å²) >= 11 is 0. The van der Waals surface area contributed by atoms with Gasteiger partial charge in [0.25, 0.3) is 0 Å². The second kappa shape index (κ2) is 8.73. The Balaban J connectivity index is 2.39. The lowest BCUT2D eigenvalue weighted by Gasteiger charge is -2.06. The summed E-state index contributed by atoms with van der Waals surface area (Å²) in [5.41, 5.74) is 3.14. The average Bonchev–Trinajstić information content (AvgIpc) is 2.40. The molecule has 2 amide bonds. The van der Waals surface area contributed by atoms with Crippen LogP contribution in [-0.4, -0.2) is 30.7 Å². The van der Waals surface area contributed by atoms with Gasteiger partial charge in [0.05, 0.1) is 12.8 Å². The van der Waals surface area contributed by atoms with E-state index in [4.69, 9.17) is 4.74 Å². The zero-order valence-corrected chi connectivity index (χ0v) is 12.6. The third-order valence-electron chi connectivity index (χ3n) is 2.36. The van der Waals surface area contributed by atoms with Gasteiger partial charge in [-0.05, 0) is 50.6 Å². The van der Waals surface area contributed by atoms with E-state index in [1.165, 1.54) is 6.21 Å². The van der Waals surface area contributed by atoms with Gasteiger partial charge in [0.2, 0.25) is 11.8 Å². The van der Waals surface area contributed by atoms with Crippen molar-refractivity contribution in [2.45, 2.75) is 33.2 Å². The van der Waals surface area contributed by atoms with E-state index in [0.29, 0.717) is 6.61 Å². The van der Waals surface area contributed by atoms with Crippen molar-refractivity contribution in [1.82, 2.24) is 10.7 Å². The van der Waals surface area contributed by atoms with E-state index < -0.39 is 5.91 Å². The van der Waals surface area contributed by atoms with Crippen LogP contribution >= 0.6 is 0 Å². The first kappa shape index (κ1) is 16.7. The average molecular weight is 291 g/mol. The fourth-order valence-electron chi connectivity index (χ4n) is 1.55. The normalized spacial score (nSPS) is 10.7. The van der Waals surface area contributed by atoms with Gasteiger partial charge in [-0.1, -0.05) is 0 Å². The molecular weight excluding hydrogens is 270 g/mol. The molecule has 6 nitrogen and oxygen atoms in total. The zero-order valence-electron chi connectivity index (χ0n) is 12.6. The van der Waals surface area contributed by atoms with Crippen LogP contribution in [0, 0.1) is 0 Å². The lowest BCUT2D eigenvalue weighted by Crippen LogP contribution is -2.34. The molecule has 114 valence electrons. The van der Waals surface area contributed by atoms with Crippen molar-refractivity contribution in [3.05, 3.63) is 29.8 Å². The SMILES string of the molecule is CCOc1ccc(/C=N\NC(=O)CC(=O)NC(C)C)cc1. The van der Waals surface area contributed by atoms with Gasteiger partial charge in [0, 0.05) is 6.04 Å². The molecule has 0 saturated heterocycles. The van der Waals surface area contributed by atoms with Crippen molar-refractivity contribution < 1.29 is 14.3 Å². The third-order valence-corrected chi connectivity index (χ3v) is 2.36. The van der Waals surface area contributed by atoms with Crippen LogP contribution in [0.25, 0.3) is 0 Å². The highest BCUT2D eigenvalue weighted by Gasteiger charge is 2.08. The van der Waals surface area contributed by atoms with Crippen LogP contribution in [0.4, 0.5) is 0 Å². The topological polar surface area (TPSA) is 79.8 Å². The fourth-order valence-corrected chi connectivity index (χ4v) is 1.55. The zero-order chi connectivity index (χ0) is 15.7. The fraction of sp³-hybridized carbons (Fsp3) is 0.400. The van der Waals surface area contributed by atoms with E-state index >= 15 is 0 Å². The molecule has 21 heavy (non-hydrogen) atoms. The number of hydrogen-bond acceptors (Lipinski definition) is 4. The van der Waals surface area contributed by atoms with E-state index in [9.17, 15) is 9.59 Å². The first-order valence-corrected chi connectivity index (χ1v) is 6.85. The molecule has 0 atom stereocenters. The molecule has 6 heteroatoms. The summed E-state index contributed by atoms with van der Waals surface area (Å²) < 4.78 is 5.32. The monoisotopic (exact) mass is 291 g/mol. The Bertz CT molecular complexity index is 495. The van der Waals surface area contributed by atoms with E-state index in [0.717, 1.165) is 11.3 Å². The maximum atomic E-state index is 11.5. The molecule has 0 aromatic heterocycles. The standard InChI is InChI=1S/C15H21N3O3/c1-4-21-13-7-5-12(6-8-13)10-16-18-15(20)9-14(19)17-11(2)3/h5-8,10-11H,4,9H2,1-3H3,(H,17,19)(H,18,20)/b16-10-. The highest BCUT2D eigenvalue weighted by atomic mass is 16.5. The highest BCUT2D eigenvalue weighted by molar-refractivity contribution is 5.97. The molecule has 0 unspecified atom stereocenters. The first-order chi connectivity index (χ1) is 10.0. The summed E-state index contributed by atoms with van der Waals surface area (Å²) in [7, 11) is 0. The summed E-state index contributed by atoms with van der Waals surface area (Å²) in [5, 5.41) is 6.44. The number of carbonyl (C=O) groups excluding carboxylic acids is 2. The van der Waals surface area contributed by atoms with Crippen molar-refractivity contribution in [3.8, 4) is 5.75 Å². The molecule has 2 N–H and O–H groups in total. The van der Waals surface area contributed by atoms with Crippen LogP contribution in [0.3, 0.4) is 0 Å². The van der Waals surface area contributed by atoms with Gasteiger partial charge in [-0.15, -0.1) is 0 Å². The van der Waals surface area contributed by atoms with Crippen molar-refractivity contribution in [3.63, 3.8) is 0 Å². The van der Waals surface area contributed by atoms with Gasteiger partial charge in [0.1, 0.15) is 12.2 Å². The van der Waals surface area contributed by atoms with Crippen LogP contribution in [0.15, 0.2) is 29.4 Å². The third kappa shape index (κ3) is 7.10. The predicted octanol–water partition coefficient (Wildman–Crippen LogP) is 1.45. The lowest BCUT2D eigenvalue weighted by molar-refractivity contribution is -0.129. The smallest absolute Gasteiger partial charge is 0.249 e. The maximum Gasteiger partial charge on any atom is 0.249 e. The number of hydrazone groups is 1. The van der Waals surface area contributed by atoms with Gasteiger partial charge < -0.3 is 10.1 Å². The van der Waals surface area contributed by atoms with E-state index in [2.05, 4.69) is 15.8 Å². The van der Waals surface area contributed by atoms with E-state index in [-0.39, 0.29) is 18.4 Å². The van der Waals surface area contributed by atoms with Gasteiger partial charge in [-0.25, -0.2) is 5.43 Å². The van der Waals surface area contributed by atoms with Crippen LogP contribution in [-0.2, 0) is 9.59 Å². The van der Waals surface area contributed by atoms with Gasteiger partial charge in [-0.2, -0.15) is 5.10 Å². The lowest BCUT2D eigenvalue weighted by atomic mass is 10.2. The van der Waals surface area contributed by atoms with Gasteiger partial charge in [-0.3, -0.25) is 9.59 Å². The summed E-state index contributed by atoms with van der Waals surface area (Å²) in [5.74, 6) is 0.0122. The van der Waals surface area contributed by atoms with Crippen molar-refractivity contribution in [2.75, 3.05) is 6.61 Å². The number of rotatable bonds is 7. The number of benzene rings is 1. The molecule has 0 fully saturated rings. The van der Waals surface area contributed by atoms with E-state index in [1.54, 1.807) is 0 Å². The molecule has 0 radical (unpaired) electrons. The Hall–Kier alpha value is -2.37. The van der Waals surface area contributed by atoms with Gasteiger partial charge in [0.15, 0.2) is 0 Å². The highest BCUT2D eigenvalue weighted by Crippen LogP contribution is 2.10. The molecule has 0 aliphatic heterocycles. The quantitative estimate of drug-likeness (QED) is 0.453. The molecule has 0 aliphatic rings. The Morgan fingerprint density at radius 2 is 1.90 bits per heavy atom. The minimum Gasteiger partial charge on any atom is -0.494 e. The molecule has 0 heterocycles. The first-order valence-electron chi connectivity index (χ1n) is 6.85. The maximum absolute atomic E-state index is 11.5. The number of hydrogen-bond donors (Lipinski definition) is 2. The minimum atomic E-state index is -0.449. The summed E-state index contributed by atoms with van der Waals surface area (Å²) in [6.45, 7) is 6.20. The number of nitrogens with one attached hydrogen (secondary N) is 2. The van der Waals surface area contributed by atoms with Gasteiger partial charge >= 0.3 is 0 Å². The number of carbonyl (C=O) groups is 2. The number of ether oxygens (including phenoxy) is 1.